The van der Waals surface area contributed by atoms with E-state index in [0.29, 0.717) is 37.7 Å². The van der Waals surface area contributed by atoms with Crippen molar-refractivity contribution < 1.29 is 22.7 Å². The molecule has 0 aromatic heterocycles. The van der Waals surface area contributed by atoms with E-state index in [1.807, 2.05) is 12.3 Å². The molecule has 1 aliphatic heterocycles. The van der Waals surface area contributed by atoms with E-state index in [4.69, 9.17) is 9.47 Å². The molecule has 0 saturated carbocycles. The minimum Gasteiger partial charge on any atom is -0.481 e. The van der Waals surface area contributed by atoms with E-state index >= 15 is 0 Å². The Morgan fingerprint density at radius 3 is 2.52 bits per heavy atom. The summed E-state index contributed by atoms with van der Waals surface area (Å²) in [5.41, 5.74) is 0.502. The Labute approximate surface area is 175 Å². The van der Waals surface area contributed by atoms with Crippen LogP contribution in [0.25, 0.3) is 0 Å². The monoisotopic (exact) mass is 436 g/mol. The van der Waals surface area contributed by atoms with Gasteiger partial charge in [-0.2, -0.15) is 0 Å². The number of rotatable bonds is 7. The molecule has 1 heterocycles. The third-order valence-electron chi connectivity index (χ3n) is 4.44. The summed E-state index contributed by atoms with van der Waals surface area (Å²) in [5, 5.41) is 0. The zero-order valence-corrected chi connectivity index (χ0v) is 18.0. The van der Waals surface area contributed by atoms with Crippen molar-refractivity contribution in [3.05, 3.63) is 48.5 Å². The van der Waals surface area contributed by atoms with E-state index in [-0.39, 0.29) is 10.8 Å². The van der Waals surface area contributed by atoms with Gasteiger partial charge in [-0.3, -0.25) is 9.52 Å². The van der Waals surface area contributed by atoms with Crippen LogP contribution in [0.2, 0.25) is 0 Å². The number of hydrogen-bond donors (Lipinski definition) is 1. The van der Waals surface area contributed by atoms with Crippen LogP contribution in [0.5, 0.6) is 5.75 Å². The molecule has 0 aliphatic carbocycles. The highest BCUT2D eigenvalue weighted by Crippen LogP contribution is 2.23. The maximum Gasteiger partial charge on any atom is 0.263 e. The van der Waals surface area contributed by atoms with E-state index < -0.39 is 16.1 Å². The molecule has 1 saturated heterocycles. The van der Waals surface area contributed by atoms with Crippen molar-refractivity contribution in [2.45, 2.75) is 22.8 Å². The quantitative estimate of drug-likeness (QED) is 0.672. The van der Waals surface area contributed by atoms with Gasteiger partial charge in [0.15, 0.2) is 6.10 Å². The Bertz CT molecular complexity index is 942. The molecule has 2 aromatic rings. The number of amides is 1. The number of benzene rings is 2. The summed E-state index contributed by atoms with van der Waals surface area (Å²) in [6, 6.07) is 13.2. The van der Waals surface area contributed by atoms with E-state index in [2.05, 4.69) is 4.72 Å². The van der Waals surface area contributed by atoms with Gasteiger partial charge in [-0.25, -0.2) is 8.42 Å². The second-order valence-corrected chi connectivity index (χ2v) is 9.07. The highest BCUT2D eigenvalue weighted by atomic mass is 32.2. The average Bonchev–Trinajstić information content (AvgIpc) is 2.74. The van der Waals surface area contributed by atoms with Crippen LogP contribution in [0.4, 0.5) is 5.69 Å². The second kappa shape index (κ2) is 9.51. The van der Waals surface area contributed by atoms with Crippen molar-refractivity contribution in [1.29, 1.82) is 0 Å². The summed E-state index contributed by atoms with van der Waals surface area (Å²) >= 11 is 1.54. The first-order valence-corrected chi connectivity index (χ1v) is 11.9. The number of anilines is 1. The van der Waals surface area contributed by atoms with Crippen LogP contribution in [-0.4, -0.2) is 57.9 Å². The van der Waals surface area contributed by atoms with Crippen LogP contribution < -0.4 is 9.46 Å². The Morgan fingerprint density at radius 2 is 1.86 bits per heavy atom. The van der Waals surface area contributed by atoms with Gasteiger partial charge < -0.3 is 14.4 Å². The van der Waals surface area contributed by atoms with Gasteiger partial charge in [0, 0.05) is 23.7 Å². The SMILES string of the molecule is CSc1cccc(NS(=O)(=O)c2ccc(O[C@H](C)C(=O)N3CCOCC3)cc2)c1. The van der Waals surface area contributed by atoms with Crippen LogP contribution in [0.1, 0.15) is 6.92 Å². The predicted octanol–water partition coefficient (Wildman–Crippen LogP) is 2.84. The van der Waals surface area contributed by atoms with Crippen LogP contribution in [-0.2, 0) is 19.6 Å². The van der Waals surface area contributed by atoms with E-state index in [9.17, 15) is 13.2 Å². The third kappa shape index (κ3) is 5.65. The molecule has 29 heavy (non-hydrogen) atoms. The third-order valence-corrected chi connectivity index (χ3v) is 6.56. The number of carbonyl (C=O) groups excluding carboxylic acids is 1. The molecular weight excluding hydrogens is 412 g/mol. The molecule has 7 nitrogen and oxygen atoms in total. The van der Waals surface area contributed by atoms with Gasteiger partial charge in [-0.15, -0.1) is 11.8 Å². The first kappa shape index (κ1) is 21.5. The second-order valence-electron chi connectivity index (χ2n) is 6.51. The number of ether oxygens (including phenoxy) is 2. The fraction of sp³-hybridized carbons (Fsp3) is 0.350. The number of nitrogens with one attached hydrogen (secondary N) is 1. The fourth-order valence-corrected chi connectivity index (χ4v) is 4.40. The van der Waals surface area contributed by atoms with Gasteiger partial charge in [0.1, 0.15) is 5.75 Å². The van der Waals surface area contributed by atoms with Gasteiger partial charge in [0.2, 0.25) is 0 Å². The number of carbonyl (C=O) groups is 1. The fourth-order valence-electron chi connectivity index (χ4n) is 2.89. The molecule has 1 amide bonds. The number of sulfonamides is 1. The number of thioether (sulfide) groups is 1. The first-order chi connectivity index (χ1) is 13.9. The highest BCUT2D eigenvalue weighted by molar-refractivity contribution is 7.98. The zero-order valence-electron chi connectivity index (χ0n) is 16.3. The average molecular weight is 437 g/mol. The van der Waals surface area contributed by atoms with Crippen LogP contribution in [0, 0.1) is 0 Å². The highest BCUT2D eigenvalue weighted by Gasteiger charge is 2.24. The molecule has 2 aromatic carbocycles. The van der Waals surface area contributed by atoms with Crippen molar-refractivity contribution in [3.63, 3.8) is 0 Å². The molecular formula is C20H24N2O5S2. The Hall–Kier alpha value is -2.23. The number of nitrogens with zero attached hydrogens (tertiary/aromatic N) is 1. The lowest BCUT2D eigenvalue weighted by atomic mass is 10.3. The first-order valence-electron chi connectivity index (χ1n) is 9.19. The summed E-state index contributed by atoms with van der Waals surface area (Å²) < 4.78 is 38.8. The Kier molecular flexibility index (Phi) is 7.05. The molecule has 1 aliphatic rings. The molecule has 0 radical (unpaired) electrons. The van der Waals surface area contributed by atoms with Gasteiger partial charge in [0.05, 0.1) is 18.1 Å². The minimum atomic E-state index is -3.72. The van der Waals surface area contributed by atoms with Crippen molar-refractivity contribution in [1.82, 2.24) is 4.90 Å². The normalized spacial score (nSPS) is 15.6. The lowest BCUT2D eigenvalue weighted by Crippen LogP contribution is -2.46. The Morgan fingerprint density at radius 1 is 1.17 bits per heavy atom. The van der Waals surface area contributed by atoms with Crippen LogP contribution in [0.15, 0.2) is 58.3 Å². The lowest BCUT2D eigenvalue weighted by Gasteiger charge is -2.29. The minimum absolute atomic E-state index is 0.111. The molecule has 9 heteroatoms. The lowest BCUT2D eigenvalue weighted by molar-refractivity contribution is -0.142. The summed E-state index contributed by atoms with van der Waals surface area (Å²) in [7, 11) is -3.72. The predicted molar refractivity (Wildman–Crippen MR) is 113 cm³/mol. The van der Waals surface area contributed by atoms with E-state index in [0.717, 1.165) is 4.90 Å². The largest absolute Gasteiger partial charge is 0.481 e. The molecule has 1 fully saturated rings. The molecule has 0 spiro atoms. The maximum atomic E-state index is 12.6. The molecule has 1 atom stereocenters. The summed E-state index contributed by atoms with van der Waals surface area (Å²) in [6.07, 6.45) is 1.26. The summed E-state index contributed by atoms with van der Waals surface area (Å²) in [4.78, 5) is 15.2. The van der Waals surface area contributed by atoms with Crippen LogP contribution in [0.3, 0.4) is 0 Å². The van der Waals surface area contributed by atoms with Crippen molar-refractivity contribution in [3.8, 4) is 5.75 Å². The topological polar surface area (TPSA) is 84.9 Å². The Balaban J connectivity index is 1.64. The van der Waals surface area contributed by atoms with Crippen LogP contribution >= 0.6 is 11.8 Å². The molecule has 156 valence electrons. The van der Waals surface area contributed by atoms with E-state index in [1.165, 1.54) is 23.9 Å². The summed E-state index contributed by atoms with van der Waals surface area (Å²) in [6.45, 7) is 3.83. The van der Waals surface area contributed by atoms with Crippen molar-refractivity contribution >= 4 is 33.4 Å². The number of morpholine rings is 1. The van der Waals surface area contributed by atoms with Crippen molar-refractivity contribution in [2.24, 2.45) is 0 Å². The molecule has 0 unspecified atom stereocenters. The zero-order chi connectivity index (χ0) is 20.9. The standard InChI is InChI=1S/C20H24N2O5S2/c1-15(20(23)22-10-12-26-13-11-22)27-17-6-8-19(9-7-17)29(24,25)21-16-4-3-5-18(14-16)28-2/h3-9,14-15,21H,10-13H2,1-2H3/t15-/m1/s1. The van der Waals surface area contributed by atoms with Gasteiger partial charge >= 0.3 is 0 Å². The van der Waals surface area contributed by atoms with Gasteiger partial charge in [0.25, 0.3) is 15.9 Å². The van der Waals surface area contributed by atoms with E-state index in [1.54, 1.807) is 42.2 Å². The molecule has 1 N–H and O–H groups in total. The smallest absolute Gasteiger partial charge is 0.263 e. The van der Waals surface area contributed by atoms with Gasteiger partial charge in [-0.05, 0) is 55.6 Å². The number of hydrogen-bond acceptors (Lipinski definition) is 6. The summed E-state index contributed by atoms with van der Waals surface area (Å²) in [5.74, 6) is 0.322. The molecule has 0 bridgehead atoms. The van der Waals surface area contributed by atoms with Crippen molar-refractivity contribution in [2.75, 3.05) is 37.3 Å². The molecule has 3 rings (SSSR count). The maximum absolute atomic E-state index is 12.6. The van der Waals surface area contributed by atoms with Gasteiger partial charge in [-0.1, -0.05) is 6.07 Å².